The summed E-state index contributed by atoms with van der Waals surface area (Å²) >= 11 is 0. The number of H-pyrrole nitrogens is 1. The van der Waals surface area contributed by atoms with Crippen LogP contribution in [0.15, 0.2) is 18.2 Å². The number of benzene rings is 1. The molecule has 1 aromatic carbocycles. The summed E-state index contributed by atoms with van der Waals surface area (Å²) in [6, 6.07) is 8.04. The number of nitriles is 1. The zero-order chi connectivity index (χ0) is 17.1. The van der Waals surface area contributed by atoms with Crippen LogP contribution < -0.4 is 0 Å². The largest absolute Gasteiger partial charge is 0.465 e. The van der Waals surface area contributed by atoms with E-state index in [0.29, 0.717) is 12.1 Å². The second-order valence-electron chi connectivity index (χ2n) is 6.47. The molecule has 1 amide bonds. The van der Waals surface area contributed by atoms with Gasteiger partial charge >= 0.3 is 6.09 Å². The number of carboxylic acid groups (broad SMARTS) is 1. The lowest BCUT2D eigenvalue weighted by Crippen LogP contribution is -2.43. The lowest BCUT2D eigenvalue weighted by molar-refractivity contribution is 0.103. The fraction of sp³-hybridized carbons (Fsp3) is 0.474. The smallest absolute Gasteiger partial charge is 0.407 e. The van der Waals surface area contributed by atoms with E-state index in [1.54, 1.807) is 4.90 Å². The van der Waals surface area contributed by atoms with Crippen molar-refractivity contribution in [2.75, 3.05) is 6.54 Å². The summed E-state index contributed by atoms with van der Waals surface area (Å²) in [6.45, 7) is 2.79. The van der Waals surface area contributed by atoms with Crippen LogP contribution in [0.2, 0.25) is 0 Å². The van der Waals surface area contributed by atoms with Crippen molar-refractivity contribution in [2.24, 2.45) is 0 Å². The van der Waals surface area contributed by atoms with Gasteiger partial charge in [0.1, 0.15) is 0 Å². The van der Waals surface area contributed by atoms with Crippen molar-refractivity contribution in [3.05, 3.63) is 35.0 Å². The van der Waals surface area contributed by atoms with Crippen molar-refractivity contribution in [1.29, 1.82) is 5.26 Å². The van der Waals surface area contributed by atoms with Crippen molar-refractivity contribution in [1.82, 2.24) is 9.88 Å². The van der Waals surface area contributed by atoms with E-state index in [0.717, 1.165) is 44.0 Å². The van der Waals surface area contributed by atoms with Gasteiger partial charge in [-0.15, -0.1) is 0 Å². The first-order valence-corrected chi connectivity index (χ1v) is 8.67. The van der Waals surface area contributed by atoms with Gasteiger partial charge in [-0.25, -0.2) is 4.79 Å². The highest BCUT2D eigenvalue weighted by molar-refractivity contribution is 5.85. The Hall–Kier alpha value is -2.48. The van der Waals surface area contributed by atoms with Crippen molar-refractivity contribution >= 4 is 17.0 Å². The van der Waals surface area contributed by atoms with Crippen molar-refractivity contribution in [3.63, 3.8) is 0 Å². The Morgan fingerprint density at radius 1 is 1.46 bits per heavy atom. The van der Waals surface area contributed by atoms with E-state index in [1.165, 1.54) is 16.6 Å². The van der Waals surface area contributed by atoms with E-state index in [9.17, 15) is 9.90 Å². The average Bonchev–Trinajstić information content (AvgIpc) is 2.96. The third kappa shape index (κ3) is 3.09. The van der Waals surface area contributed by atoms with E-state index in [2.05, 4.69) is 18.0 Å². The van der Waals surface area contributed by atoms with Gasteiger partial charge in [-0.05, 0) is 56.2 Å². The van der Waals surface area contributed by atoms with Crippen LogP contribution in [0.4, 0.5) is 4.79 Å². The molecule has 1 fully saturated rings. The van der Waals surface area contributed by atoms with Crippen LogP contribution in [0.1, 0.15) is 49.4 Å². The summed E-state index contributed by atoms with van der Waals surface area (Å²) in [5, 5.41) is 19.6. The molecule has 0 aliphatic carbocycles. The Kier molecular flexibility index (Phi) is 4.75. The number of likely N-dealkylation sites (tertiary alicyclic amines) is 1. The first-order valence-electron chi connectivity index (χ1n) is 8.67. The Bertz CT molecular complexity index is 788. The number of aromatic nitrogens is 1. The molecule has 2 N–H and O–H groups in total. The Morgan fingerprint density at radius 3 is 3.00 bits per heavy atom. The SMILES string of the molecule is CCc1c(CC[C@@H]2CCCCN2C(=O)O)[nH]c2cc(C#N)ccc12. The second kappa shape index (κ2) is 6.96. The third-order valence-electron chi connectivity index (χ3n) is 5.08. The molecule has 0 spiro atoms. The highest BCUT2D eigenvalue weighted by atomic mass is 16.4. The molecule has 1 atom stereocenters. The van der Waals surface area contributed by atoms with Gasteiger partial charge in [0, 0.05) is 29.2 Å². The van der Waals surface area contributed by atoms with Gasteiger partial charge in [0.05, 0.1) is 11.6 Å². The molecule has 1 aliphatic heterocycles. The predicted octanol–water partition coefficient (Wildman–Crippen LogP) is 4.07. The third-order valence-corrected chi connectivity index (χ3v) is 5.08. The molecule has 5 heteroatoms. The summed E-state index contributed by atoms with van der Waals surface area (Å²) in [4.78, 5) is 16.5. The van der Waals surface area contributed by atoms with E-state index in [4.69, 9.17) is 5.26 Å². The highest BCUT2D eigenvalue weighted by Crippen LogP contribution is 2.27. The molecule has 0 bridgehead atoms. The van der Waals surface area contributed by atoms with Crippen LogP contribution in [0.25, 0.3) is 10.9 Å². The summed E-state index contributed by atoms with van der Waals surface area (Å²) in [5.41, 5.74) is 4.12. The van der Waals surface area contributed by atoms with E-state index >= 15 is 0 Å². The molecule has 0 saturated carbocycles. The van der Waals surface area contributed by atoms with Crippen LogP contribution in [0, 0.1) is 11.3 Å². The maximum Gasteiger partial charge on any atom is 0.407 e. The normalized spacial score (nSPS) is 17.8. The minimum Gasteiger partial charge on any atom is -0.465 e. The molecule has 1 saturated heterocycles. The van der Waals surface area contributed by atoms with E-state index in [1.807, 2.05) is 18.2 Å². The number of piperidine rings is 1. The Labute approximate surface area is 141 Å². The molecule has 0 unspecified atom stereocenters. The van der Waals surface area contributed by atoms with Crippen LogP contribution in [-0.4, -0.2) is 33.7 Å². The van der Waals surface area contributed by atoms with Gasteiger partial charge in [-0.3, -0.25) is 0 Å². The fourth-order valence-corrected chi connectivity index (χ4v) is 3.86. The van der Waals surface area contributed by atoms with Crippen LogP contribution in [0.3, 0.4) is 0 Å². The van der Waals surface area contributed by atoms with Gasteiger partial charge < -0.3 is 15.0 Å². The Balaban J connectivity index is 1.81. The van der Waals surface area contributed by atoms with Crippen molar-refractivity contribution < 1.29 is 9.90 Å². The van der Waals surface area contributed by atoms with Gasteiger partial charge in [-0.1, -0.05) is 13.0 Å². The summed E-state index contributed by atoms with van der Waals surface area (Å²) < 4.78 is 0. The number of nitrogens with one attached hydrogen (secondary N) is 1. The van der Waals surface area contributed by atoms with Crippen LogP contribution in [0.5, 0.6) is 0 Å². The lowest BCUT2D eigenvalue weighted by Gasteiger charge is -2.33. The van der Waals surface area contributed by atoms with Crippen LogP contribution in [-0.2, 0) is 12.8 Å². The summed E-state index contributed by atoms with van der Waals surface area (Å²) in [6.07, 6.45) is 4.83. The molecule has 2 aromatic rings. The van der Waals surface area contributed by atoms with Gasteiger partial charge in [-0.2, -0.15) is 5.26 Å². The monoisotopic (exact) mass is 325 g/mol. The fourth-order valence-electron chi connectivity index (χ4n) is 3.86. The molecular weight excluding hydrogens is 302 g/mol. The molecule has 0 radical (unpaired) electrons. The number of hydrogen-bond donors (Lipinski definition) is 2. The minimum atomic E-state index is -0.800. The number of aromatic amines is 1. The number of nitrogens with zero attached hydrogens (tertiary/aromatic N) is 2. The topological polar surface area (TPSA) is 80.1 Å². The van der Waals surface area contributed by atoms with Gasteiger partial charge in [0.2, 0.25) is 0 Å². The molecule has 5 nitrogen and oxygen atoms in total. The second-order valence-corrected chi connectivity index (χ2v) is 6.47. The predicted molar refractivity (Wildman–Crippen MR) is 93.1 cm³/mol. The van der Waals surface area contributed by atoms with Crippen molar-refractivity contribution in [3.8, 4) is 6.07 Å². The first kappa shape index (κ1) is 16.4. The summed E-state index contributed by atoms with van der Waals surface area (Å²) in [7, 11) is 0. The molecule has 2 heterocycles. The van der Waals surface area contributed by atoms with E-state index < -0.39 is 6.09 Å². The van der Waals surface area contributed by atoms with Gasteiger partial charge in [0.25, 0.3) is 0 Å². The Morgan fingerprint density at radius 2 is 2.29 bits per heavy atom. The quantitative estimate of drug-likeness (QED) is 0.889. The van der Waals surface area contributed by atoms with Gasteiger partial charge in [0.15, 0.2) is 0 Å². The van der Waals surface area contributed by atoms with Crippen LogP contribution >= 0.6 is 0 Å². The maximum absolute atomic E-state index is 11.4. The number of hydrogen-bond acceptors (Lipinski definition) is 2. The number of fused-ring (bicyclic) bond motifs is 1. The average molecular weight is 325 g/mol. The first-order chi connectivity index (χ1) is 11.6. The molecule has 24 heavy (non-hydrogen) atoms. The minimum absolute atomic E-state index is 0.113. The highest BCUT2D eigenvalue weighted by Gasteiger charge is 2.26. The van der Waals surface area contributed by atoms with Crippen molar-refractivity contribution in [2.45, 2.75) is 51.5 Å². The number of carbonyl (C=O) groups is 1. The number of aryl methyl sites for hydroxylation is 2. The molecule has 126 valence electrons. The summed E-state index contributed by atoms with van der Waals surface area (Å²) in [5.74, 6) is 0. The number of amides is 1. The molecule has 1 aromatic heterocycles. The zero-order valence-corrected chi connectivity index (χ0v) is 14.0. The maximum atomic E-state index is 11.4. The molecular formula is C19H23N3O2. The molecule has 3 rings (SSSR count). The molecule has 1 aliphatic rings. The lowest BCUT2D eigenvalue weighted by atomic mass is 9.96. The number of rotatable bonds is 4. The zero-order valence-electron chi connectivity index (χ0n) is 14.0. The van der Waals surface area contributed by atoms with E-state index in [-0.39, 0.29) is 6.04 Å². The standard InChI is InChI=1S/C19H23N3O2/c1-2-15-16-8-6-13(12-20)11-18(16)21-17(15)9-7-14-5-3-4-10-22(14)19(23)24/h6,8,11,14,21H,2-5,7,9-10H2,1H3,(H,23,24)/t14-/m0/s1.